The van der Waals surface area contributed by atoms with Gasteiger partial charge >= 0.3 is 6.18 Å². The third kappa shape index (κ3) is 3.48. The minimum atomic E-state index is -4.30. The van der Waals surface area contributed by atoms with Gasteiger partial charge in [0.2, 0.25) is 5.95 Å². The molecular weight excluding hydrogens is 223 g/mol. The van der Waals surface area contributed by atoms with Gasteiger partial charge in [-0.05, 0) is 6.92 Å². The van der Waals surface area contributed by atoms with Crippen LogP contribution in [0.3, 0.4) is 0 Å². The highest BCUT2D eigenvalue weighted by Crippen LogP contribution is 2.18. The number of rotatable bonds is 4. The van der Waals surface area contributed by atoms with Crippen LogP contribution < -0.4 is 4.90 Å². The summed E-state index contributed by atoms with van der Waals surface area (Å²) in [5.41, 5.74) is 0.229. The topological polar surface area (TPSA) is 46.1 Å². The smallest absolute Gasteiger partial charge is 0.332 e. The molecule has 0 N–H and O–H groups in total. The molecule has 16 heavy (non-hydrogen) atoms. The number of anilines is 1. The van der Waals surface area contributed by atoms with E-state index in [2.05, 4.69) is 9.97 Å². The van der Waals surface area contributed by atoms with E-state index in [1.807, 2.05) is 0 Å². The van der Waals surface area contributed by atoms with Gasteiger partial charge in [0.15, 0.2) is 6.29 Å². The van der Waals surface area contributed by atoms with Crippen molar-refractivity contribution in [2.75, 3.05) is 18.0 Å². The Balaban J connectivity index is 2.82. The maximum absolute atomic E-state index is 12.2. The van der Waals surface area contributed by atoms with Gasteiger partial charge in [-0.2, -0.15) is 13.2 Å². The maximum atomic E-state index is 12.2. The summed E-state index contributed by atoms with van der Waals surface area (Å²) in [5.74, 6) is -0.0366. The molecule has 88 valence electrons. The molecule has 0 atom stereocenters. The second-order valence-corrected chi connectivity index (χ2v) is 3.06. The van der Waals surface area contributed by atoms with Crippen molar-refractivity contribution in [3.8, 4) is 0 Å². The predicted molar refractivity (Wildman–Crippen MR) is 51.4 cm³/mol. The van der Waals surface area contributed by atoms with E-state index in [1.54, 1.807) is 6.92 Å². The highest BCUT2D eigenvalue weighted by Gasteiger charge is 2.31. The Morgan fingerprint density at radius 3 is 2.31 bits per heavy atom. The van der Waals surface area contributed by atoms with Crippen LogP contribution in [0.2, 0.25) is 0 Å². The lowest BCUT2D eigenvalue weighted by molar-refractivity contribution is -0.119. The molecule has 0 spiro atoms. The number of aldehydes is 1. The molecule has 0 radical (unpaired) electrons. The van der Waals surface area contributed by atoms with E-state index in [1.165, 1.54) is 12.4 Å². The van der Waals surface area contributed by atoms with E-state index in [0.717, 1.165) is 4.90 Å². The normalized spacial score (nSPS) is 11.2. The average Bonchev–Trinajstić information content (AvgIpc) is 2.25. The summed E-state index contributed by atoms with van der Waals surface area (Å²) >= 11 is 0. The summed E-state index contributed by atoms with van der Waals surface area (Å²) in [6.07, 6.45) is -1.39. The third-order valence-corrected chi connectivity index (χ3v) is 1.83. The molecule has 7 heteroatoms. The van der Waals surface area contributed by atoms with Crippen molar-refractivity contribution in [1.82, 2.24) is 9.97 Å². The van der Waals surface area contributed by atoms with Crippen molar-refractivity contribution in [2.24, 2.45) is 0 Å². The second kappa shape index (κ2) is 4.91. The van der Waals surface area contributed by atoms with Crippen molar-refractivity contribution >= 4 is 12.2 Å². The van der Waals surface area contributed by atoms with E-state index < -0.39 is 12.7 Å². The van der Waals surface area contributed by atoms with Crippen LogP contribution in [0.25, 0.3) is 0 Å². The fraction of sp³-hybridized carbons (Fsp3) is 0.444. The number of carbonyl (C=O) groups is 1. The summed E-state index contributed by atoms with van der Waals surface area (Å²) < 4.78 is 36.5. The molecule has 0 aliphatic rings. The molecule has 0 bridgehead atoms. The van der Waals surface area contributed by atoms with Crippen LogP contribution in [0.4, 0.5) is 19.1 Å². The van der Waals surface area contributed by atoms with Gasteiger partial charge in [0.25, 0.3) is 0 Å². The Morgan fingerprint density at radius 2 is 1.94 bits per heavy atom. The monoisotopic (exact) mass is 233 g/mol. The highest BCUT2D eigenvalue weighted by molar-refractivity contribution is 5.73. The minimum absolute atomic E-state index is 0.0366. The van der Waals surface area contributed by atoms with Crippen molar-refractivity contribution < 1.29 is 18.0 Å². The number of aromatic nitrogens is 2. The number of hydrogen-bond donors (Lipinski definition) is 0. The van der Waals surface area contributed by atoms with Crippen molar-refractivity contribution in [1.29, 1.82) is 0 Å². The first kappa shape index (κ1) is 12.4. The molecule has 0 aliphatic heterocycles. The molecule has 0 aromatic carbocycles. The Labute approximate surface area is 90.1 Å². The number of carbonyl (C=O) groups excluding carboxylic acids is 1. The molecule has 1 heterocycles. The molecule has 1 aromatic heterocycles. The number of halogens is 3. The zero-order chi connectivity index (χ0) is 12.2. The first-order valence-electron chi connectivity index (χ1n) is 4.55. The van der Waals surface area contributed by atoms with E-state index in [0.29, 0.717) is 6.29 Å². The molecule has 1 aromatic rings. The van der Waals surface area contributed by atoms with Crippen molar-refractivity contribution in [3.05, 3.63) is 18.0 Å². The lowest BCUT2D eigenvalue weighted by Crippen LogP contribution is -2.35. The predicted octanol–water partition coefficient (Wildman–Crippen LogP) is 1.68. The molecule has 0 unspecified atom stereocenters. The van der Waals surface area contributed by atoms with E-state index in [4.69, 9.17) is 0 Å². The molecule has 1 rings (SSSR count). The van der Waals surface area contributed by atoms with Gasteiger partial charge in [-0.15, -0.1) is 0 Å². The van der Waals surface area contributed by atoms with Crippen LogP contribution in [0, 0.1) is 0 Å². The highest BCUT2D eigenvalue weighted by atomic mass is 19.4. The molecule has 0 saturated heterocycles. The fourth-order valence-corrected chi connectivity index (χ4v) is 1.10. The van der Waals surface area contributed by atoms with Gasteiger partial charge in [0, 0.05) is 18.9 Å². The SMILES string of the molecule is CCN(CC(F)(F)F)c1ncc(C=O)cn1. The molecule has 0 saturated carbocycles. The Bertz CT molecular complexity index is 350. The zero-order valence-electron chi connectivity index (χ0n) is 8.53. The molecular formula is C9H10F3N3O. The van der Waals surface area contributed by atoms with Crippen LogP contribution in [0.15, 0.2) is 12.4 Å². The fourth-order valence-electron chi connectivity index (χ4n) is 1.10. The summed E-state index contributed by atoms with van der Waals surface area (Å²) in [7, 11) is 0. The Kier molecular flexibility index (Phi) is 3.81. The molecule has 0 fully saturated rings. The van der Waals surface area contributed by atoms with Crippen molar-refractivity contribution in [3.63, 3.8) is 0 Å². The lowest BCUT2D eigenvalue weighted by Gasteiger charge is -2.21. The van der Waals surface area contributed by atoms with Gasteiger partial charge < -0.3 is 4.90 Å². The van der Waals surface area contributed by atoms with E-state index in [-0.39, 0.29) is 18.1 Å². The van der Waals surface area contributed by atoms with Crippen LogP contribution in [-0.2, 0) is 0 Å². The van der Waals surface area contributed by atoms with E-state index in [9.17, 15) is 18.0 Å². The van der Waals surface area contributed by atoms with Gasteiger partial charge in [-0.25, -0.2) is 9.97 Å². The Hall–Kier alpha value is -1.66. The van der Waals surface area contributed by atoms with Crippen LogP contribution >= 0.6 is 0 Å². The third-order valence-electron chi connectivity index (χ3n) is 1.83. The van der Waals surface area contributed by atoms with Gasteiger partial charge in [-0.3, -0.25) is 4.79 Å². The van der Waals surface area contributed by atoms with Crippen LogP contribution in [-0.4, -0.2) is 35.5 Å². The average molecular weight is 233 g/mol. The van der Waals surface area contributed by atoms with Gasteiger partial charge in [0.05, 0.1) is 5.56 Å². The van der Waals surface area contributed by atoms with Crippen LogP contribution in [0.5, 0.6) is 0 Å². The number of hydrogen-bond acceptors (Lipinski definition) is 4. The first-order valence-corrected chi connectivity index (χ1v) is 4.55. The van der Waals surface area contributed by atoms with Crippen LogP contribution in [0.1, 0.15) is 17.3 Å². The lowest BCUT2D eigenvalue weighted by atomic mass is 10.4. The second-order valence-electron chi connectivity index (χ2n) is 3.06. The molecule has 4 nitrogen and oxygen atoms in total. The molecule has 0 amide bonds. The quantitative estimate of drug-likeness (QED) is 0.742. The zero-order valence-corrected chi connectivity index (χ0v) is 8.53. The Morgan fingerprint density at radius 1 is 1.38 bits per heavy atom. The summed E-state index contributed by atoms with van der Waals surface area (Å²) in [4.78, 5) is 18.7. The standard InChI is InChI=1S/C9H10F3N3O/c1-2-15(6-9(10,11)12)8-13-3-7(5-16)4-14-8/h3-5H,2,6H2,1H3. The largest absolute Gasteiger partial charge is 0.406 e. The van der Waals surface area contributed by atoms with Gasteiger partial charge in [0.1, 0.15) is 6.54 Å². The van der Waals surface area contributed by atoms with Crippen molar-refractivity contribution in [2.45, 2.75) is 13.1 Å². The maximum Gasteiger partial charge on any atom is 0.406 e. The van der Waals surface area contributed by atoms with Gasteiger partial charge in [-0.1, -0.05) is 0 Å². The van der Waals surface area contributed by atoms with E-state index >= 15 is 0 Å². The summed E-state index contributed by atoms with van der Waals surface area (Å²) in [5, 5.41) is 0. The molecule has 0 aliphatic carbocycles. The summed E-state index contributed by atoms with van der Waals surface area (Å²) in [6, 6.07) is 0. The number of nitrogens with zero attached hydrogens (tertiary/aromatic N) is 3. The number of alkyl halides is 3. The first-order chi connectivity index (χ1) is 7.46. The summed E-state index contributed by atoms with van der Waals surface area (Å²) in [6.45, 7) is 0.604. The minimum Gasteiger partial charge on any atom is -0.332 e.